The fourth-order valence-corrected chi connectivity index (χ4v) is 3.24. The molecule has 1 unspecified atom stereocenters. The van der Waals surface area contributed by atoms with Gasteiger partial charge in [0.15, 0.2) is 5.82 Å². The third-order valence-electron chi connectivity index (χ3n) is 4.41. The fourth-order valence-electron chi connectivity index (χ4n) is 2.91. The summed E-state index contributed by atoms with van der Waals surface area (Å²) in [5.74, 6) is -0.133. The minimum atomic E-state index is -1.05. The minimum Gasteiger partial charge on any atom is -0.463 e. The van der Waals surface area contributed by atoms with Crippen molar-refractivity contribution in [1.29, 1.82) is 0 Å². The van der Waals surface area contributed by atoms with Crippen molar-refractivity contribution in [3.63, 3.8) is 0 Å². The number of rotatable bonds is 6. The molecular formula is C19H20Cl2N4O3. The van der Waals surface area contributed by atoms with Gasteiger partial charge in [-0.3, -0.25) is 4.79 Å². The summed E-state index contributed by atoms with van der Waals surface area (Å²) in [7, 11) is 0. The summed E-state index contributed by atoms with van der Waals surface area (Å²) < 4.78 is 6.16. The molecule has 2 aromatic rings. The quantitative estimate of drug-likeness (QED) is 0.527. The average molecular weight is 423 g/mol. The van der Waals surface area contributed by atoms with Crippen molar-refractivity contribution in [1.82, 2.24) is 19.7 Å². The first-order valence-corrected chi connectivity index (χ1v) is 9.86. The van der Waals surface area contributed by atoms with E-state index in [4.69, 9.17) is 27.9 Å². The molecule has 9 heteroatoms. The van der Waals surface area contributed by atoms with Crippen LogP contribution < -0.4 is 0 Å². The number of amides is 1. The molecule has 0 radical (unpaired) electrons. The van der Waals surface area contributed by atoms with Gasteiger partial charge in [-0.1, -0.05) is 41.9 Å². The SMILES string of the molecule is CCOC(=O)C(Cl)n1cnc(-c2ccc(C3=CCN(C(=O)CCl)CC3)cc2)n1. The first kappa shape index (κ1) is 20.4. The Morgan fingerprint density at radius 3 is 2.57 bits per heavy atom. The molecule has 0 N–H and O–H groups in total. The Morgan fingerprint density at radius 2 is 1.96 bits per heavy atom. The molecule has 0 fully saturated rings. The van der Waals surface area contributed by atoms with E-state index in [2.05, 4.69) is 10.1 Å². The summed E-state index contributed by atoms with van der Waals surface area (Å²) in [6, 6.07) is 7.81. The van der Waals surface area contributed by atoms with Crippen molar-refractivity contribution < 1.29 is 14.3 Å². The molecule has 0 aliphatic carbocycles. The maximum atomic E-state index is 11.7. The number of aromatic nitrogens is 3. The number of halogens is 2. The summed E-state index contributed by atoms with van der Waals surface area (Å²) in [6.07, 6.45) is 4.24. The molecule has 0 saturated heterocycles. The third kappa shape index (κ3) is 4.54. The Hall–Kier alpha value is -2.38. The summed E-state index contributed by atoms with van der Waals surface area (Å²) in [6.45, 7) is 3.19. The fraction of sp³-hybridized carbons (Fsp3) is 0.368. The number of carbonyl (C=O) groups excluding carboxylic acids is 2. The van der Waals surface area contributed by atoms with E-state index in [1.165, 1.54) is 16.6 Å². The molecule has 7 nitrogen and oxygen atoms in total. The van der Waals surface area contributed by atoms with Gasteiger partial charge in [0.2, 0.25) is 11.4 Å². The van der Waals surface area contributed by atoms with Gasteiger partial charge >= 0.3 is 5.97 Å². The maximum Gasteiger partial charge on any atom is 0.346 e. The smallest absolute Gasteiger partial charge is 0.346 e. The van der Waals surface area contributed by atoms with E-state index in [-0.39, 0.29) is 18.4 Å². The Kier molecular flexibility index (Phi) is 6.70. The van der Waals surface area contributed by atoms with Crippen LogP contribution in [-0.4, -0.2) is 57.1 Å². The van der Waals surface area contributed by atoms with Crippen molar-refractivity contribution in [3.05, 3.63) is 42.2 Å². The summed E-state index contributed by atoms with van der Waals surface area (Å²) in [5.41, 5.74) is 2.03. The summed E-state index contributed by atoms with van der Waals surface area (Å²) >= 11 is 11.7. The predicted octanol–water partition coefficient (Wildman–Crippen LogP) is 3.10. The lowest BCUT2D eigenvalue weighted by Gasteiger charge is -2.26. The number of alkyl halides is 2. The number of carbonyl (C=O) groups is 2. The molecule has 1 aliphatic rings. The lowest BCUT2D eigenvalue weighted by molar-refractivity contribution is -0.144. The molecule has 148 valence electrons. The zero-order valence-corrected chi connectivity index (χ0v) is 16.9. The van der Waals surface area contributed by atoms with Crippen LogP contribution in [0.15, 0.2) is 36.7 Å². The van der Waals surface area contributed by atoms with Crippen LogP contribution in [0.3, 0.4) is 0 Å². The second-order valence-electron chi connectivity index (χ2n) is 6.17. The molecule has 0 bridgehead atoms. The molecule has 1 aromatic carbocycles. The standard InChI is InChI=1S/C19H20Cl2N4O3/c1-2-28-19(27)17(21)25-12-22-18(23-25)15-5-3-13(4-6-15)14-7-9-24(10-8-14)16(26)11-20/h3-7,12,17H,2,8-11H2,1H3. The van der Waals surface area contributed by atoms with E-state index in [0.717, 1.165) is 17.5 Å². The van der Waals surface area contributed by atoms with Crippen LogP contribution in [0.5, 0.6) is 0 Å². The van der Waals surface area contributed by atoms with Crippen LogP contribution in [0.25, 0.3) is 17.0 Å². The number of hydrogen-bond donors (Lipinski definition) is 0. The second kappa shape index (κ2) is 9.21. The molecular weight excluding hydrogens is 403 g/mol. The van der Waals surface area contributed by atoms with Crippen molar-refractivity contribution in [2.24, 2.45) is 0 Å². The van der Waals surface area contributed by atoms with Crippen LogP contribution in [0.1, 0.15) is 24.4 Å². The molecule has 1 aromatic heterocycles. The van der Waals surface area contributed by atoms with E-state index in [1.807, 2.05) is 30.3 Å². The number of ether oxygens (including phenoxy) is 1. The van der Waals surface area contributed by atoms with Gasteiger partial charge in [-0.2, -0.15) is 0 Å². The van der Waals surface area contributed by atoms with Gasteiger partial charge in [0.1, 0.15) is 12.2 Å². The molecule has 1 amide bonds. The van der Waals surface area contributed by atoms with Gasteiger partial charge in [0.25, 0.3) is 0 Å². The molecule has 1 aliphatic heterocycles. The normalized spacial score (nSPS) is 15.1. The van der Waals surface area contributed by atoms with Crippen molar-refractivity contribution in [3.8, 4) is 11.4 Å². The first-order valence-electron chi connectivity index (χ1n) is 8.89. The largest absolute Gasteiger partial charge is 0.463 e. The molecule has 1 atom stereocenters. The highest BCUT2D eigenvalue weighted by atomic mass is 35.5. The summed E-state index contributed by atoms with van der Waals surface area (Å²) in [4.78, 5) is 29.3. The number of esters is 1. The van der Waals surface area contributed by atoms with Gasteiger partial charge in [-0.15, -0.1) is 16.7 Å². The predicted molar refractivity (Wildman–Crippen MR) is 107 cm³/mol. The minimum absolute atomic E-state index is 0.0108. The van der Waals surface area contributed by atoms with Crippen LogP contribution in [0.4, 0.5) is 0 Å². The highest BCUT2D eigenvalue weighted by Crippen LogP contribution is 2.25. The monoisotopic (exact) mass is 422 g/mol. The van der Waals surface area contributed by atoms with Crippen molar-refractivity contribution >= 4 is 40.7 Å². The second-order valence-corrected chi connectivity index (χ2v) is 6.85. The van der Waals surface area contributed by atoms with E-state index >= 15 is 0 Å². The third-order valence-corrected chi connectivity index (χ3v) is 5.02. The zero-order chi connectivity index (χ0) is 20.1. The lowest BCUT2D eigenvalue weighted by Crippen LogP contribution is -2.35. The van der Waals surface area contributed by atoms with E-state index in [1.54, 1.807) is 11.8 Å². The topological polar surface area (TPSA) is 77.3 Å². The van der Waals surface area contributed by atoms with Crippen LogP contribution in [0.2, 0.25) is 0 Å². The zero-order valence-electron chi connectivity index (χ0n) is 15.3. The average Bonchev–Trinajstić information content (AvgIpc) is 3.23. The van der Waals surface area contributed by atoms with E-state index in [0.29, 0.717) is 18.9 Å². The molecule has 0 spiro atoms. The van der Waals surface area contributed by atoms with Gasteiger partial charge in [0.05, 0.1) is 6.61 Å². The van der Waals surface area contributed by atoms with Gasteiger partial charge < -0.3 is 9.64 Å². The summed E-state index contributed by atoms with van der Waals surface area (Å²) in [5, 5.41) is 4.27. The van der Waals surface area contributed by atoms with Crippen molar-refractivity contribution in [2.75, 3.05) is 25.6 Å². The Balaban J connectivity index is 1.69. The lowest BCUT2D eigenvalue weighted by atomic mass is 9.98. The molecule has 0 saturated carbocycles. The van der Waals surface area contributed by atoms with Gasteiger partial charge in [-0.25, -0.2) is 14.5 Å². The molecule has 28 heavy (non-hydrogen) atoms. The Bertz CT molecular complexity index is 880. The first-order chi connectivity index (χ1) is 13.5. The van der Waals surface area contributed by atoms with Gasteiger partial charge in [-0.05, 0) is 24.5 Å². The van der Waals surface area contributed by atoms with Gasteiger partial charge in [0, 0.05) is 18.7 Å². The van der Waals surface area contributed by atoms with Crippen LogP contribution >= 0.6 is 23.2 Å². The van der Waals surface area contributed by atoms with E-state index in [9.17, 15) is 9.59 Å². The Labute approximate surface area is 172 Å². The number of nitrogens with zero attached hydrogens (tertiary/aromatic N) is 4. The highest BCUT2D eigenvalue weighted by molar-refractivity contribution is 6.27. The maximum absolute atomic E-state index is 11.7. The number of benzene rings is 1. The van der Waals surface area contributed by atoms with Crippen LogP contribution in [-0.2, 0) is 14.3 Å². The number of hydrogen-bond acceptors (Lipinski definition) is 5. The Morgan fingerprint density at radius 1 is 1.25 bits per heavy atom. The van der Waals surface area contributed by atoms with Crippen LogP contribution in [0, 0.1) is 0 Å². The molecule has 2 heterocycles. The van der Waals surface area contributed by atoms with E-state index < -0.39 is 11.5 Å². The van der Waals surface area contributed by atoms with Crippen molar-refractivity contribution in [2.45, 2.75) is 18.8 Å². The highest BCUT2D eigenvalue weighted by Gasteiger charge is 2.21. The molecule has 3 rings (SSSR count).